The maximum absolute atomic E-state index is 12.3. The lowest BCUT2D eigenvalue weighted by molar-refractivity contribution is 0.284. The lowest BCUT2D eigenvalue weighted by atomic mass is 10.2. The number of nitrogens with zero attached hydrogens (tertiary/aromatic N) is 1. The molecule has 3 aromatic rings. The van der Waals surface area contributed by atoms with Crippen LogP contribution in [0.1, 0.15) is 11.1 Å². The van der Waals surface area contributed by atoms with Gasteiger partial charge in [0, 0.05) is 4.47 Å². The molecular weight excluding hydrogens is 456 g/mol. The Bertz CT molecular complexity index is 1090. The highest BCUT2D eigenvalue weighted by Crippen LogP contribution is 2.28. The van der Waals surface area contributed by atoms with Gasteiger partial charge in [-0.15, -0.1) is 0 Å². The fraction of sp³-hybridized carbons (Fsp3) is 0.0952. The van der Waals surface area contributed by atoms with E-state index in [0.717, 1.165) is 10.0 Å². The van der Waals surface area contributed by atoms with E-state index in [1.807, 2.05) is 30.3 Å². The average molecular weight is 475 g/mol. The molecule has 6 nitrogen and oxygen atoms in total. The summed E-state index contributed by atoms with van der Waals surface area (Å²) in [7, 11) is -2.18. The van der Waals surface area contributed by atoms with Gasteiger partial charge in [-0.05, 0) is 53.6 Å². The summed E-state index contributed by atoms with van der Waals surface area (Å²) >= 11 is 3.27. The molecule has 0 aliphatic rings. The molecule has 0 amide bonds. The van der Waals surface area contributed by atoms with Crippen molar-refractivity contribution in [1.29, 1.82) is 0 Å². The minimum Gasteiger partial charge on any atom is -0.493 e. The summed E-state index contributed by atoms with van der Waals surface area (Å²) in [5.41, 5.74) is 1.68. The molecule has 0 aliphatic heterocycles. The van der Waals surface area contributed by atoms with Gasteiger partial charge in [-0.2, -0.15) is 13.5 Å². The standard InChI is InChI=1S/C21H19BrN2O4S/c1-27-20-12-7-17(13-21(20)28-15-16-5-3-2-4-6-16)14-23-24-29(25,26)19-10-8-18(22)9-11-19/h2-14,24H,15H2,1H3. The molecule has 0 aliphatic carbocycles. The third kappa shape index (κ3) is 5.82. The normalized spacial score (nSPS) is 11.4. The quantitative estimate of drug-likeness (QED) is 0.388. The van der Waals surface area contributed by atoms with Crippen LogP contribution in [0.5, 0.6) is 11.5 Å². The van der Waals surface area contributed by atoms with E-state index in [9.17, 15) is 8.42 Å². The summed E-state index contributed by atoms with van der Waals surface area (Å²) < 4.78 is 36.5. The molecule has 0 aromatic heterocycles. The Balaban J connectivity index is 1.71. The number of halogens is 1. The predicted octanol–water partition coefficient (Wildman–Crippen LogP) is 4.35. The molecular formula is C21H19BrN2O4S. The molecule has 3 rings (SSSR count). The maximum atomic E-state index is 12.3. The van der Waals surface area contributed by atoms with Gasteiger partial charge >= 0.3 is 0 Å². The van der Waals surface area contributed by atoms with Crippen molar-refractivity contribution in [2.24, 2.45) is 5.10 Å². The van der Waals surface area contributed by atoms with E-state index in [1.165, 1.54) is 18.3 Å². The van der Waals surface area contributed by atoms with Crippen LogP contribution in [0.3, 0.4) is 0 Å². The van der Waals surface area contributed by atoms with E-state index < -0.39 is 10.0 Å². The molecule has 29 heavy (non-hydrogen) atoms. The molecule has 0 heterocycles. The van der Waals surface area contributed by atoms with E-state index in [0.29, 0.717) is 23.7 Å². The molecule has 150 valence electrons. The van der Waals surface area contributed by atoms with Crippen LogP contribution in [-0.2, 0) is 16.6 Å². The van der Waals surface area contributed by atoms with Crippen molar-refractivity contribution < 1.29 is 17.9 Å². The number of benzene rings is 3. The van der Waals surface area contributed by atoms with Crippen LogP contribution >= 0.6 is 15.9 Å². The number of methoxy groups -OCH3 is 1. The Morgan fingerprint density at radius 2 is 1.72 bits per heavy atom. The fourth-order valence-electron chi connectivity index (χ4n) is 2.46. The Labute approximate surface area is 178 Å². The number of hydrazone groups is 1. The molecule has 3 aromatic carbocycles. The van der Waals surface area contributed by atoms with Gasteiger partial charge in [0.1, 0.15) is 6.61 Å². The van der Waals surface area contributed by atoms with Crippen LogP contribution in [0.25, 0.3) is 0 Å². The number of hydrogen-bond acceptors (Lipinski definition) is 5. The van der Waals surface area contributed by atoms with Crippen molar-refractivity contribution in [3.63, 3.8) is 0 Å². The topological polar surface area (TPSA) is 77.0 Å². The summed E-state index contributed by atoms with van der Waals surface area (Å²) in [6, 6.07) is 21.3. The average Bonchev–Trinajstić information content (AvgIpc) is 2.73. The van der Waals surface area contributed by atoms with Crippen LogP contribution < -0.4 is 14.3 Å². The van der Waals surface area contributed by atoms with E-state index in [-0.39, 0.29) is 4.90 Å². The molecule has 0 radical (unpaired) electrons. The van der Waals surface area contributed by atoms with Gasteiger partial charge in [0.25, 0.3) is 10.0 Å². The van der Waals surface area contributed by atoms with Gasteiger partial charge in [-0.25, -0.2) is 4.83 Å². The predicted molar refractivity (Wildman–Crippen MR) is 116 cm³/mol. The minimum atomic E-state index is -3.74. The molecule has 0 unspecified atom stereocenters. The van der Waals surface area contributed by atoms with Crippen LogP contribution in [0.15, 0.2) is 87.3 Å². The van der Waals surface area contributed by atoms with Crippen molar-refractivity contribution in [1.82, 2.24) is 4.83 Å². The molecule has 0 spiro atoms. The van der Waals surface area contributed by atoms with Crippen LogP contribution in [0.4, 0.5) is 0 Å². The van der Waals surface area contributed by atoms with Crippen LogP contribution in [0, 0.1) is 0 Å². The highest BCUT2D eigenvalue weighted by atomic mass is 79.9. The second-order valence-corrected chi connectivity index (χ2v) is 8.57. The number of rotatable bonds is 8. The number of nitrogens with one attached hydrogen (secondary N) is 1. The van der Waals surface area contributed by atoms with Gasteiger partial charge in [-0.1, -0.05) is 46.3 Å². The molecule has 8 heteroatoms. The SMILES string of the molecule is COc1ccc(C=NNS(=O)(=O)c2ccc(Br)cc2)cc1OCc1ccccc1. The van der Waals surface area contributed by atoms with Crippen molar-refractivity contribution in [3.05, 3.63) is 88.4 Å². The molecule has 0 fully saturated rings. The molecule has 1 N–H and O–H groups in total. The summed E-state index contributed by atoms with van der Waals surface area (Å²) in [6.07, 6.45) is 1.41. The van der Waals surface area contributed by atoms with Gasteiger partial charge in [0.05, 0.1) is 18.2 Å². The number of sulfonamides is 1. The Morgan fingerprint density at radius 1 is 1.00 bits per heavy atom. The van der Waals surface area contributed by atoms with E-state index in [2.05, 4.69) is 25.9 Å². The van der Waals surface area contributed by atoms with Crippen LogP contribution in [-0.4, -0.2) is 21.7 Å². The number of hydrogen-bond donors (Lipinski definition) is 1. The van der Waals surface area contributed by atoms with Crippen molar-refractivity contribution >= 4 is 32.2 Å². The van der Waals surface area contributed by atoms with Gasteiger partial charge in [0.15, 0.2) is 11.5 Å². The second kappa shape index (κ2) is 9.58. The zero-order valence-electron chi connectivity index (χ0n) is 15.6. The minimum absolute atomic E-state index is 0.125. The zero-order chi connectivity index (χ0) is 20.7. The summed E-state index contributed by atoms with van der Waals surface area (Å²) in [4.78, 5) is 2.33. The first-order valence-corrected chi connectivity index (χ1v) is 10.9. The first-order valence-electron chi connectivity index (χ1n) is 8.63. The number of ether oxygens (including phenoxy) is 2. The van der Waals surface area contributed by atoms with Gasteiger partial charge in [-0.3, -0.25) is 0 Å². The van der Waals surface area contributed by atoms with Crippen LogP contribution in [0.2, 0.25) is 0 Å². The van der Waals surface area contributed by atoms with E-state index >= 15 is 0 Å². The highest BCUT2D eigenvalue weighted by molar-refractivity contribution is 9.10. The molecule has 0 bridgehead atoms. The van der Waals surface area contributed by atoms with Crippen molar-refractivity contribution in [3.8, 4) is 11.5 Å². The lowest BCUT2D eigenvalue weighted by Gasteiger charge is -2.11. The van der Waals surface area contributed by atoms with Crippen molar-refractivity contribution in [2.45, 2.75) is 11.5 Å². The zero-order valence-corrected chi connectivity index (χ0v) is 18.0. The van der Waals surface area contributed by atoms with Gasteiger partial charge < -0.3 is 9.47 Å². The molecule has 0 saturated carbocycles. The third-order valence-corrected chi connectivity index (χ3v) is 5.70. The smallest absolute Gasteiger partial charge is 0.276 e. The lowest BCUT2D eigenvalue weighted by Crippen LogP contribution is -2.18. The van der Waals surface area contributed by atoms with E-state index in [4.69, 9.17) is 9.47 Å². The second-order valence-electron chi connectivity index (χ2n) is 5.99. The monoisotopic (exact) mass is 474 g/mol. The molecule has 0 atom stereocenters. The highest BCUT2D eigenvalue weighted by Gasteiger charge is 2.12. The first kappa shape index (κ1) is 20.9. The largest absolute Gasteiger partial charge is 0.493 e. The fourth-order valence-corrected chi connectivity index (χ4v) is 3.51. The summed E-state index contributed by atoms with van der Waals surface area (Å²) in [5.74, 6) is 1.12. The van der Waals surface area contributed by atoms with Gasteiger partial charge in [0.2, 0.25) is 0 Å². The van der Waals surface area contributed by atoms with Crippen molar-refractivity contribution in [2.75, 3.05) is 7.11 Å². The first-order chi connectivity index (χ1) is 14.0. The Kier molecular flexibility index (Phi) is 6.90. The maximum Gasteiger partial charge on any atom is 0.276 e. The summed E-state index contributed by atoms with van der Waals surface area (Å²) in [6.45, 7) is 0.383. The summed E-state index contributed by atoms with van der Waals surface area (Å²) in [5, 5.41) is 3.86. The Hall–Kier alpha value is -2.84. The third-order valence-electron chi connectivity index (χ3n) is 3.94. The Morgan fingerprint density at radius 3 is 2.41 bits per heavy atom. The van der Waals surface area contributed by atoms with E-state index in [1.54, 1.807) is 37.4 Å². The molecule has 0 saturated heterocycles.